The zero-order valence-electron chi connectivity index (χ0n) is 8.14. The number of urea groups is 1. The van der Waals surface area contributed by atoms with Crippen LogP contribution >= 0.6 is 11.6 Å². The molecule has 2 amide bonds. The average molecular weight is 216 g/mol. The van der Waals surface area contributed by atoms with Crippen molar-refractivity contribution in [3.05, 3.63) is 10.6 Å². The Balaban J connectivity index is 2.78. The lowest BCUT2D eigenvalue weighted by molar-refractivity contribution is 0.249. The van der Waals surface area contributed by atoms with Gasteiger partial charge in [-0.05, 0) is 38.2 Å². The molecule has 0 saturated heterocycles. The van der Waals surface area contributed by atoms with Crippen LogP contribution in [0.4, 0.5) is 4.79 Å². The number of nitrogens with one attached hydrogen (secondary N) is 1. The first-order valence-corrected chi connectivity index (χ1v) is 4.96. The number of carbonyl (C=O) groups excluding carboxylic acids is 1. The number of hydrazone groups is 1. The third-order valence-electron chi connectivity index (χ3n) is 2.16. The first-order chi connectivity index (χ1) is 6.61. The maximum Gasteiger partial charge on any atom is 0.332 e. The average Bonchev–Trinajstić information content (AvgIpc) is 2.15. The Bertz CT molecular complexity index is 292. The molecule has 3 N–H and O–H groups in total. The van der Waals surface area contributed by atoms with Crippen LogP contribution in [-0.4, -0.2) is 11.7 Å². The van der Waals surface area contributed by atoms with Crippen molar-refractivity contribution in [3.8, 4) is 0 Å². The number of primary amides is 1. The van der Waals surface area contributed by atoms with E-state index in [0.717, 1.165) is 42.0 Å². The van der Waals surface area contributed by atoms with Gasteiger partial charge in [0.1, 0.15) is 0 Å². The van der Waals surface area contributed by atoms with Gasteiger partial charge in [0.05, 0.1) is 5.71 Å². The summed E-state index contributed by atoms with van der Waals surface area (Å²) in [5.41, 5.74) is 9.04. The molecule has 1 aliphatic carbocycles. The molecule has 14 heavy (non-hydrogen) atoms. The second kappa shape index (κ2) is 5.00. The van der Waals surface area contributed by atoms with Crippen molar-refractivity contribution in [2.75, 3.05) is 0 Å². The van der Waals surface area contributed by atoms with E-state index in [1.54, 1.807) is 0 Å². The third-order valence-corrected chi connectivity index (χ3v) is 2.38. The van der Waals surface area contributed by atoms with Gasteiger partial charge in [-0.1, -0.05) is 11.6 Å². The molecule has 0 radical (unpaired) electrons. The Morgan fingerprint density at radius 3 is 2.71 bits per heavy atom. The molecule has 0 aromatic carbocycles. The number of hydrogen-bond donors (Lipinski definition) is 2. The van der Waals surface area contributed by atoms with Crippen LogP contribution in [0.15, 0.2) is 15.7 Å². The van der Waals surface area contributed by atoms with Crippen molar-refractivity contribution < 1.29 is 4.79 Å². The van der Waals surface area contributed by atoms with Crippen LogP contribution in [0.3, 0.4) is 0 Å². The molecule has 0 unspecified atom stereocenters. The van der Waals surface area contributed by atoms with E-state index in [9.17, 15) is 4.79 Å². The summed E-state index contributed by atoms with van der Waals surface area (Å²) in [6.07, 6.45) is 3.97. The highest BCUT2D eigenvalue weighted by atomic mass is 35.5. The fraction of sp³-hybridized carbons (Fsp3) is 0.556. The van der Waals surface area contributed by atoms with E-state index < -0.39 is 6.03 Å². The summed E-state index contributed by atoms with van der Waals surface area (Å²) in [5, 5.41) is 4.68. The summed E-state index contributed by atoms with van der Waals surface area (Å²) in [6, 6.07) is -0.644. The lowest BCUT2D eigenvalue weighted by Gasteiger charge is -2.17. The lowest BCUT2D eigenvalue weighted by atomic mass is 9.93. The summed E-state index contributed by atoms with van der Waals surface area (Å²) in [4.78, 5) is 10.5. The number of halogens is 1. The molecular weight excluding hydrogens is 202 g/mol. The topological polar surface area (TPSA) is 67.5 Å². The Morgan fingerprint density at radius 2 is 2.14 bits per heavy atom. The molecular formula is C9H14ClN3O. The van der Waals surface area contributed by atoms with E-state index >= 15 is 0 Å². The fourth-order valence-electron chi connectivity index (χ4n) is 1.51. The number of amides is 2. The maximum atomic E-state index is 10.5. The highest BCUT2D eigenvalue weighted by Crippen LogP contribution is 2.25. The van der Waals surface area contributed by atoms with Gasteiger partial charge in [-0.15, -0.1) is 0 Å². The molecule has 0 heterocycles. The Morgan fingerprint density at radius 1 is 1.50 bits per heavy atom. The second-order valence-corrected chi connectivity index (χ2v) is 3.82. The van der Waals surface area contributed by atoms with E-state index in [0.29, 0.717) is 0 Å². The number of nitrogens with zero attached hydrogens (tertiary/aromatic N) is 1. The van der Waals surface area contributed by atoms with Crippen LogP contribution in [0.2, 0.25) is 0 Å². The first-order valence-electron chi connectivity index (χ1n) is 4.59. The molecule has 78 valence electrons. The Labute approximate surface area is 88.2 Å². The van der Waals surface area contributed by atoms with Crippen LogP contribution in [0, 0.1) is 0 Å². The van der Waals surface area contributed by atoms with Crippen molar-refractivity contribution in [1.82, 2.24) is 5.43 Å². The molecule has 0 aromatic heterocycles. The predicted molar refractivity (Wildman–Crippen MR) is 57.2 cm³/mol. The Hall–Kier alpha value is -1.03. The van der Waals surface area contributed by atoms with Crippen molar-refractivity contribution in [3.63, 3.8) is 0 Å². The Kier molecular flexibility index (Phi) is 3.95. The van der Waals surface area contributed by atoms with Crippen molar-refractivity contribution in [2.24, 2.45) is 10.8 Å². The summed E-state index contributed by atoms with van der Waals surface area (Å²) >= 11 is 5.92. The molecule has 0 spiro atoms. The first kappa shape index (κ1) is 11.0. The number of nitrogens with two attached hydrogens (primary N) is 1. The van der Waals surface area contributed by atoms with E-state index in [2.05, 4.69) is 10.5 Å². The van der Waals surface area contributed by atoms with Crippen molar-refractivity contribution in [1.29, 1.82) is 0 Å². The molecule has 0 aromatic rings. The number of allylic oxidation sites excluding steroid dienone is 2. The summed E-state index contributed by atoms with van der Waals surface area (Å²) < 4.78 is 0. The minimum Gasteiger partial charge on any atom is -0.350 e. The molecule has 1 saturated carbocycles. The SMILES string of the molecule is C/C(Cl)=C1\CCCC\C1=N\NC(N)=O. The minimum atomic E-state index is -0.644. The molecule has 0 aliphatic heterocycles. The van der Waals surface area contributed by atoms with Crippen LogP contribution in [0.5, 0.6) is 0 Å². The summed E-state index contributed by atoms with van der Waals surface area (Å²) in [6.45, 7) is 1.84. The smallest absolute Gasteiger partial charge is 0.332 e. The van der Waals surface area contributed by atoms with Gasteiger partial charge in [0.15, 0.2) is 0 Å². The number of rotatable bonds is 1. The normalized spacial score (nSPS) is 23.4. The third kappa shape index (κ3) is 3.03. The van der Waals surface area contributed by atoms with Crippen LogP contribution in [0.1, 0.15) is 32.6 Å². The van der Waals surface area contributed by atoms with E-state index in [4.69, 9.17) is 17.3 Å². The van der Waals surface area contributed by atoms with E-state index in [1.165, 1.54) is 0 Å². The fourth-order valence-corrected chi connectivity index (χ4v) is 1.71. The lowest BCUT2D eigenvalue weighted by Crippen LogP contribution is -2.26. The summed E-state index contributed by atoms with van der Waals surface area (Å²) in [7, 11) is 0. The zero-order valence-corrected chi connectivity index (χ0v) is 8.90. The standard InChI is InChI=1S/C9H14ClN3O/c1-6(10)7-4-2-3-5-8(7)12-13-9(11)14/h2-5H2,1H3,(H3,11,13,14)/b7-6-,12-8-. The molecule has 1 aliphatic rings. The molecule has 1 rings (SSSR count). The maximum absolute atomic E-state index is 10.5. The van der Waals surface area contributed by atoms with Gasteiger partial charge in [-0.2, -0.15) is 5.10 Å². The van der Waals surface area contributed by atoms with Gasteiger partial charge in [0.2, 0.25) is 0 Å². The van der Waals surface area contributed by atoms with Gasteiger partial charge in [0, 0.05) is 5.03 Å². The molecule has 4 nitrogen and oxygen atoms in total. The van der Waals surface area contributed by atoms with E-state index in [-0.39, 0.29) is 0 Å². The number of carbonyl (C=O) groups is 1. The van der Waals surface area contributed by atoms with Crippen LogP contribution in [0.25, 0.3) is 0 Å². The van der Waals surface area contributed by atoms with Gasteiger partial charge in [0.25, 0.3) is 0 Å². The minimum absolute atomic E-state index is 0.644. The van der Waals surface area contributed by atoms with Gasteiger partial charge in [-0.3, -0.25) is 0 Å². The monoisotopic (exact) mass is 215 g/mol. The molecule has 0 atom stereocenters. The zero-order chi connectivity index (χ0) is 10.6. The summed E-state index contributed by atoms with van der Waals surface area (Å²) in [5.74, 6) is 0. The van der Waals surface area contributed by atoms with Gasteiger partial charge in [-0.25, -0.2) is 10.2 Å². The predicted octanol–water partition coefficient (Wildman–Crippen LogP) is 2.10. The molecule has 1 fully saturated rings. The van der Waals surface area contributed by atoms with Crippen molar-refractivity contribution in [2.45, 2.75) is 32.6 Å². The molecule has 0 bridgehead atoms. The molecule has 5 heteroatoms. The quantitative estimate of drug-likeness (QED) is 0.647. The van der Waals surface area contributed by atoms with Crippen molar-refractivity contribution >= 4 is 23.3 Å². The number of hydrogen-bond acceptors (Lipinski definition) is 2. The highest BCUT2D eigenvalue weighted by molar-refractivity contribution is 6.32. The van der Waals surface area contributed by atoms with E-state index in [1.807, 2.05) is 6.92 Å². The van der Waals surface area contributed by atoms with Gasteiger partial charge < -0.3 is 5.73 Å². The highest BCUT2D eigenvalue weighted by Gasteiger charge is 2.15. The largest absolute Gasteiger partial charge is 0.350 e. The van der Waals surface area contributed by atoms with Crippen LogP contribution in [-0.2, 0) is 0 Å². The van der Waals surface area contributed by atoms with Gasteiger partial charge >= 0.3 is 6.03 Å². The second-order valence-electron chi connectivity index (χ2n) is 3.25. The van der Waals surface area contributed by atoms with Crippen LogP contribution < -0.4 is 11.2 Å².